The van der Waals surface area contributed by atoms with Gasteiger partial charge in [0.2, 0.25) is 0 Å². The van der Waals surface area contributed by atoms with Gasteiger partial charge in [0, 0.05) is 1.43 Å². The van der Waals surface area contributed by atoms with Crippen LogP contribution in [0.3, 0.4) is 0 Å². The highest BCUT2D eigenvalue weighted by Gasteiger charge is 1.95. The van der Waals surface area contributed by atoms with Crippen LogP contribution in [0.2, 0.25) is 0 Å². The van der Waals surface area contributed by atoms with Crippen LogP contribution in [-0.4, -0.2) is 0 Å². The molecular weight excluding hydrogens is 147 g/mol. The summed E-state index contributed by atoms with van der Waals surface area (Å²) in [5.41, 5.74) is 0. The van der Waals surface area contributed by atoms with E-state index in [4.69, 9.17) is 0 Å². The normalized spacial score (nSPS) is 8.00. The van der Waals surface area contributed by atoms with Crippen molar-refractivity contribution in [3.63, 3.8) is 0 Å². The van der Waals surface area contributed by atoms with Gasteiger partial charge in [-0.15, -0.1) is 0 Å². The minimum atomic E-state index is 0. The third kappa shape index (κ3) is 127. The van der Waals surface area contributed by atoms with Gasteiger partial charge in [0.05, 0.1) is 0 Å². The van der Waals surface area contributed by atoms with Crippen LogP contribution in [0.5, 0.6) is 0 Å². The first kappa shape index (κ1) is 52.8. The van der Waals surface area contributed by atoms with Crippen molar-refractivity contribution in [3.05, 3.63) is 0 Å². The molecule has 0 saturated heterocycles. The maximum atomic E-state index is 1.50. The summed E-state index contributed by atoms with van der Waals surface area (Å²) in [4.78, 5) is 0. The molecule has 0 aromatic rings. The van der Waals surface area contributed by atoms with E-state index in [1.54, 1.807) is 0 Å². The molecule has 1 aliphatic rings. The predicted octanol–water partition coefficient (Wildman–Crippen LogP) is 4.13. The Balaban J connectivity index is -0.00000000257. The van der Waals surface area contributed by atoms with E-state index in [-0.39, 0.29) is 54.5 Å². The fraction of sp³-hybridized carbons (Fsp3) is 1.00. The van der Waals surface area contributed by atoms with Gasteiger partial charge < -0.3 is 0 Å². The van der Waals surface area contributed by atoms with Crippen molar-refractivity contribution < 1.29 is 1.43 Å². The van der Waals surface area contributed by atoms with E-state index in [1.807, 2.05) is 0 Å². The average molecular weight is 178 g/mol. The predicted molar refractivity (Wildman–Crippen MR) is 64.4 cm³/mol. The molecule has 0 aliphatic heterocycles. The average Bonchev–Trinajstić information content (AvgIpc) is 1.46. The molecule has 0 aromatic heterocycles. The third-order valence-electron chi connectivity index (χ3n) is 0.354. The molecule has 1 unspecified atom stereocenters. The molecule has 0 heterocycles. The maximum absolute atomic E-state index is 1.50. The molecule has 0 amide bonds. The summed E-state index contributed by atoms with van der Waals surface area (Å²) in [5, 5.41) is 0. The fourth-order valence-corrected chi connectivity index (χ4v) is 0. The largest absolute Gasteiger partial charge is 0.197 e. The Morgan fingerprint density at radius 1 is 0.667 bits per heavy atom. The SMILES string of the molecule is C.C.C.C.C1CC1.P.S.[3HH]. The Morgan fingerprint density at radius 3 is 0.778 bits per heavy atom. The minimum Gasteiger partial charge on any atom is -0.197 e. The van der Waals surface area contributed by atoms with E-state index in [2.05, 4.69) is 0 Å². The van der Waals surface area contributed by atoms with E-state index in [1.165, 1.54) is 19.3 Å². The highest BCUT2D eigenvalue weighted by atomic mass is 32.1. The molecule has 2 heteroatoms. The van der Waals surface area contributed by atoms with E-state index in [9.17, 15) is 0 Å². The van der Waals surface area contributed by atoms with E-state index < -0.39 is 0 Å². The van der Waals surface area contributed by atoms with Gasteiger partial charge in [-0.3, -0.25) is 0 Å². The van der Waals surface area contributed by atoms with Crippen LogP contribution in [0.1, 0.15) is 50.4 Å². The molecular formula is C7H29PS. The Kier molecular flexibility index (Phi) is 218. The van der Waals surface area contributed by atoms with E-state index in [0.717, 1.165) is 0 Å². The van der Waals surface area contributed by atoms with Gasteiger partial charge in [-0.2, -0.15) is 23.4 Å². The first-order valence-corrected chi connectivity index (χ1v) is 1.50. The summed E-state index contributed by atoms with van der Waals surface area (Å²) in [6.45, 7) is 0. The van der Waals surface area contributed by atoms with Gasteiger partial charge in [0.15, 0.2) is 0 Å². The molecule has 1 rings (SSSR count). The van der Waals surface area contributed by atoms with E-state index in [0.29, 0.717) is 0 Å². The Morgan fingerprint density at radius 2 is 0.778 bits per heavy atom. The van der Waals surface area contributed by atoms with E-state index >= 15 is 0 Å². The monoisotopic (exact) mass is 178 g/mol. The molecule has 1 saturated carbocycles. The Hall–Kier alpha value is 0.780. The van der Waals surface area contributed by atoms with Crippen molar-refractivity contribution in [2.45, 2.75) is 49.0 Å². The van der Waals surface area contributed by atoms with Crippen molar-refractivity contribution in [1.29, 1.82) is 0 Å². The standard InChI is InChI=1S/C3H6.4CH4.H3P.H2S.H2/c1-2-3-1;;;;;;;/h1-3H2;4*1H4;1H3;1H2;1H/i;;;;;;;1+2. The number of rotatable bonds is 0. The second-order valence-electron chi connectivity index (χ2n) is 1.06. The molecule has 1 atom stereocenters. The minimum absolute atomic E-state index is 0. The molecule has 0 N–H and O–H groups in total. The van der Waals surface area contributed by atoms with Crippen LogP contribution in [0, 0.1) is 0 Å². The quantitative estimate of drug-likeness (QED) is 0.489. The number of hydrogen-bond acceptors (Lipinski definition) is 0. The lowest BCUT2D eigenvalue weighted by Crippen LogP contribution is -0.856. The highest BCUT2D eigenvalue weighted by Crippen LogP contribution is 2.14. The van der Waals surface area contributed by atoms with Crippen molar-refractivity contribution in [2.75, 3.05) is 0 Å². The van der Waals surface area contributed by atoms with Crippen molar-refractivity contribution in [1.82, 2.24) is 0 Å². The van der Waals surface area contributed by atoms with Gasteiger partial charge in [-0.05, 0) is 0 Å². The lowest BCUT2D eigenvalue weighted by molar-refractivity contribution is 1.50. The molecule has 1 fully saturated rings. The smallest absolute Gasteiger partial charge is 0 e. The maximum Gasteiger partial charge on any atom is 0 e. The van der Waals surface area contributed by atoms with Crippen LogP contribution in [0.15, 0.2) is 0 Å². The zero-order valence-corrected chi connectivity index (χ0v) is 5.74. The zero-order chi connectivity index (χ0) is 2.12. The lowest BCUT2D eigenvalue weighted by Gasteiger charge is -1.05. The van der Waals surface area contributed by atoms with Crippen LogP contribution < -0.4 is 0 Å². The summed E-state index contributed by atoms with van der Waals surface area (Å²) < 4.78 is 0. The van der Waals surface area contributed by atoms with Gasteiger partial charge in [-0.1, -0.05) is 49.0 Å². The summed E-state index contributed by atoms with van der Waals surface area (Å²) in [6.07, 6.45) is 4.50. The first-order valence-electron chi connectivity index (χ1n) is 1.50. The van der Waals surface area contributed by atoms with Crippen LogP contribution in [0.4, 0.5) is 0 Å². The van der Waals surface area contributed by atoms with Crippen molar-refractivity contribution >= 4 is 23.4 Å². The highest BCUT2D eigenvalue weighted by molar-refractivity contribution is 7.59. The summed E-state index contributed by atoms with van der Waals surface area (Å²) in [5.74, 6) is 0. The van der Waals surface area contributed by atoms with Crippen LogP contribution in [0.25, 0.3) is 0 Å². The van der Waals surface area contributed by atoms with Gasteiger partial charge in [0.1, 0.15) is 0 Å². The molecule has 9 heavy (non-hydrogen) atoms. The third-order valence-corrected chi connectivity index (χ3v) is 0.354. The molecule has 0 spiro atoms. The fourth-order valence-electron chi connectivity index (χ4n) is 0. The van der Waals surface area contributed by atoms with Gasteiger partial charge >= 0.3 is 0 Å². The molecule has 0 aromatic carbocycles. The Labute approximate surface area is 74.4 Å². The summed E-state index contributed by atoms with van der Waals surface area (Å²) in [6, 6.07) is 0. The van der Waals surface area contributed by atoms with Crippen LogP contribution in [-0.2, 0) is 0 Å². The zero-order valence-electron chi connectivity index (χ0n) is 3.33. The van der Waals surface area contributed by atoms with Crippen molar-refractivity contribution in [2.24, 2.45) is 0 Å². The van der Waals surface area contributed by atoms with Gasteiger partial charge in [0.25, 0.3) is 0 Å². The number of hydrogen-bond donors (Lipinski definition) is 0. The molecule has 0 nitrogen and oxygen atoms in total. The summed E-state index contributed by atoms with van der Waals surface area (Å²) >= 11 is 0. The topological polar surface area (TPSA) is 0 Å². The molecule has 0 bridgehead atoms. The first-order chi connectivity index (χ1) is 1.50. The van der Waals surface area contributed by atoms with Gasteiger partial charge in [-0.25, -0.2) is 0 Å². The van der Waals surface area contributed by atoms with Crippen molar-refractivity contribution in [3.8, 4) is 0 Å². The second-order valence-corrected chi connectivity index (χ2v) is 1.06. The molecule has 0 radical (unpaired) electrons. The van der Waals surface area contributed by atoms with Crippen LogP contribution >= 0.6 is 23.4 Å². The molecule has 68 valence electrons. The lowest BCUT2D eigenvalue weighted by atomic mass is 11.0. The molecule has 1 aliphatic carbocycles. The Bertz CT molecular complexity index is 18.3. The second kappa shape index (κ2) is 37.2. The summed E-state index contributed by atoms with van der Waals surface area (Å²) in [7, 11) is 0.